The van der Waals surface area contributed by atoms with Crippen molar-refractivity contribution in [3.63, 3.8) is 0 Å². The maximum absolute atomic E-state index is 12.4. The second kappa shape index (κ2) is 5.29. The number of aryl methyl sites for hydroxylation is 1. The molecule has 106 valence electrons. The topological polar surface area (TPSA) is 56.3 Å². The number of hydrogen-bond donors (Lipinski definition) is 2. The number of rotatable bonds is 2. The zero-order valence-electron chi connectivity index (χ0n) is 11.7. The summed E-state index contributed by atoms with van der Waals surface area (Å²) in [6.07, 6.45) is 3.65. The number of aromatic amines is 1. The van der Waals surface area contributed by atoms with Crippen molar-refractivity contribution in [2.75, 3.05) is 13.1 Å². The Balaban J connectivity index is 1.81. The van der Waals surface area contributed by atoms with Crippen molar-refractivity contribution in [3.8, 4) is 0 Å². The maximum Gasteiger partial charge on any atom is 0.227 e. The first-order valence-electron chi connectivity index (χ1n) is 7.16. The van der Waals surface area contributed by atoms with Crippen LogP contribution < -0.4 is 0 Å². The highest BCUT2D eigenvalue weighted by Crippen LogP contribution is 2.23. The van der Waals surface area contributed by atoms with Gasteiger partial charge in [0, 0.05) is 30.2 Å². The molecule has 4 heteroatoms. The van der Waals surface area contributed by atoms with Gasteiger partial charge in [0.2, 0.25) is 5.91 Å². The van der Waals surface area contributed by atoms with Gasteiger partial charge < -0.3 is 15.0 Å². The van der Waals surface area contributed by atoms with Gasteiger partial charge in [-0.2, -0.15) is 0 Å². The Morgan fingerprint density at radius 1 is 1.50 bits per heavy atom. The van der Waals surface area contributed by atoms with Crippen molar-refractivity contribution in [2.24, 2.45) is 0 Å². The lowest BCUT2D eigenvalue weighted by Crippen LogP contribution is -2.42. The van der Waals surface area contributed by atoms with Crippen molar-refractivity contribution in [1.29, 1.82) is 0 Å². The van der Waals surface area contributed by atoms with Crippen LogP contribution in [0.15, 0.2) is 24.4 Å². The van der Waals surface area contributed by atoms with E-state index in [-0.39, 0.29) is 12.0 Å². The summed E-state index contributed by atoms with van der Waals surface area (Å²) in [5.74, 6) is 0.105. The molecule has 2 heterocycles. The van der Waals surface area contributed by atoms with Crippen molar-refractivity contribution < 1.29 is 9.90 Å². The number of aliphatic hydroxyl groups is 1. The van der Waals surface area contributed by atoms with Crippen LogP contribution in [0.1, 0.15) is 24.0 Å². The molecule has 1 aromatic heterocycles. The highest BCUT2D eigenvalue weighted by atomic mass is 16.3. The molecular weight excluding hydrogens is 252 g/mol. The van der Waals surface area contributed by atoms with E-state index in [2.05, 4.69) is 18.0 Å². The predicted octanol–water partition coefficient (Wildman–Crippen LogP) is 2.00. The van der Waals surface area contributed by atoms with Crippen molar-refractivity contribution >= 4 is 16.8 Å². The van der Waals surface area contributed by atoms with E-state index in [1.54, 1.807) is 4.90 Å². The number of fused-ring (bicyclic) bond motifs is 1. The fourth-order valence-electron chi connectivity index (χ4n) is 3.05. The van der Waals surface area contributed by atoms with Crippen LogP contribution in [0.4, 0.5) is 0 Å². The third-order valence-electron chi connectivity index (χ3n) is 4.09. The number of aromatic nitrogens is 1. The molecule has 2 aromatic rings. The Kier molecular flexibility index (Phi) is 3.49. The first kappa shape index (κ1) is 13.2. The van der Waals surface area contributed by atoms with Gasteiger partial charge in [0.05, 0.1) is 12.5 Å². The zero-order chi connectivity index (χ0) is 14.1. The Morgan fingerprint density at radius 3 is 3.15 bits per heavy atom. The number of hydrogen-bond acceptors (Lipinski definition) is 2. The zero-order valence-corrected chi connectivity index (χ0v) is 11.7. The highest BCUT2D eigenvalue weighted by molar-refractivity contribution is 5.91. The van der Waals surface area contributed by atoms with Crippen molar-refractivity contribution in [1.82, 2.24) is 9.88 Å². The molecule has 1 aliphatic rings. The van der Waals surface area contributed by atoms with Gasteiger partial charge in [0.25, 0.3) is 0 Å². The summed E-state index contributed by atoms with van der Waals surface area (Å²) in [5, 5.41) is 10.8. The minimum Gasteiger partial charge on any atom is -0.391 e. The molecule has 0 radical (unpaired) electrons. The van der Waals surface area contributed by atoms with Crippen LogP contribution in [0.2, 0.25) is 0 Å². The molecule has 0 saturated carbocycles. The number of amides is 1. The number of piperidine rings is 1. The van der Waals surface area contributed by atoms with Gasteiger partial charge in [-0.25, -0.2) is 0 Å². The van der Waals surface area contributed by atoms with Crippen LogP contribution >= 0.6 is 0 Å². The molecule has 1 aliphatic heterocycles. The molecule has 1 amide bonds. The number of aliphatic hydroxyl groups excluding tert-OH is 1. The SMILES string of the molecule is Cc1cccc2[nH]cc(CC(=O)N3CCCC(O)C3)c12. The lowest BCUT2D eigenvalue weighted by Gasteiger charge is -2.30. The van der Waals surface area contributed by atoms with Crippen LogP contribution in [-0.4, -0.2) is 40.1 Å². The summed E-state index contributed by atoms with van der Waals surface area (Å²) >= 11 is 0. The number of H-pyrrole nitrogens is 1. The molecule has 0 spiro atoms. The van der Waals surface area contributed by atoms with Crippen molar-refractivity contribution in [3.05, 3.63) is 35.5 Å². The van der Waals surface area contributed by atoms with E-state index < -0.39 is 0 Å². The lowest BCUT2D eigenvalue weighted by molar-refractivity contribution is -0.133. The summed E-state index contributed by atoms with van der Waals surface area (Å²) in [4.78, 5) is 17.4. The second-order valence-corrected chi connectivity index (χ2v) is 5.62. The standard InChI is InChI=1S/C16H20N2O2/c1-11-4-2-6-14-16(11)12(9-17-14)8-15(20)18-7-3-5-13(19)10-18/h2,4,6,9,13,17,19H,3,5,7-8,10H2,1H3. The lowest BCUT2D eigenvalue weighted by atomic mass is 10.0. The highest BCUT2D eigenvalue weighted by Gasteiger charge is 2.22. The monoisotopic (exact) mass is 272 g/mol. The van der Waals surface area contributed by atoms with E-state index in [0.29, 0.717) is 13.0 Å². The van der Waals surface area contributed by atoms with Crippen LogP contribution in [-0.2, 0) is 11.2 Å². The van der Waals surface area contributed by atoms with E-state index in [1.165, 1.54) is 5.56 Å². The quantitative estimate of drug-likeness (QED) is 0.878. The third-order valence-corrected chi connectivity index (χ3v) is 4.09. The number of carbonyl (C=O) groups excluding carboxylic acids is 1. The van der Waals surface area contributed by atoms with Gasteiger partial charge in [0.15, 0.2) is 0 Å². The normalized spacial score (nSPS) is 19.5. The molecular formula is C16H20N2O2. The Labute approximate surface area is 118 Å². The smallest absolute Gasteiger partial charge is 0.227 e. The summed E-state index contributed by atoms with van der Waals surface area (Å²) in [5.41, 5.74) is 3.31. The molecule has 1 saturated heterocycles. The molecule has 1 aromatic carbocycles. The van der Waals surface area contributed by atoms with E-state index >= 15 is 0 Å². The van der Waals surface area contributed by atoms with E-state index in [4.69, 9.17) is 0 Å². The van der Waals surface area contributed by atoms with Gasteiger partial charge in [-0.15, -0.1) is 0 Å². The molecule has 3 rings (SSSR count). The molecule has 20 heavy (non-hydrogen) atoms. The van der Waals surface area contributed by atoms with Gasteiger partial charge in [-0.1, -0.05) is 12.1 Å². The minimum atomic E-state index is -0.364. The predicted molar refractivity (Wildman–Crippen MR) is 78.6 cm³/mol. The number of β-amino-alcohol motifs (C(OH)–C–C–N with tert-alkyl or cyclic N) is 1. The summed E-state index contributed by atoms with van der Waals surface area (Å²) < 4.78 is 0. The first-order valence-corrected chi connectivity index (χ1v) is 7.16. The van der Waals surface area contributed by atoms with Crippen LogP contribution in [0.5, 0.6) is 0 Å². The van der Waals surface area contributed by atoms with Crippen molar-refractivity contribution in [2.45, 2.75) is 32.3 Å². The molecule has 1 atom stereocenters. The van der Waals surface area contributed by atoms with E-state index in [0.717, 1.165) is 35.9 Å². The number of benzene rings is 1. The molecule has 4 nitrogen and oxygen atoms in total. The fourth-order valence-corrected chi connectivity index (χ4v) is 3.05. The van der Waals surface area contributed by atoms with E-state index in [1.807, 2.05) is 18.3 Å². The Morgan fingerprint density at radius 2 is 2.35 bits per heavy atom. The van der Waals surface area contributed by atoms with Gasteiger partial charge in [-0.05, 0) is 37.0 Å². The maximum atomic E-state index is 12.4. The molecule has 0 bridgehead atoms. The average molecular weight is 272 g/mol. The van der Waals surface area contributed by atoms with E-state index in [9.17, 15) is 9.90 Å². The van der Waals surface area contributed by atoms with Crippen LogP contribution in [0.3, 0.4) is 0 Å². The fraction of sp³-hybridized carbons (Fsp3) is 0.438. The van der Waals surface area contributed by atoms with Gasteiger partial charge in [0.1, 0.15) is 0 Å². The summed E-state index contributed by atoms with van der Waals surface area (Å²) in [6.45, 7) is 3.30. The van der Waals surface area contributed by atoms with Crippen LogP contribution in [0, 0.1) is 6.92 Å². The number of nitrogens with one attached hydrogen (secondary N) is 1. The molecule has 1 unspecified atom stereocenters. The summed E-state index contributed by atoms with van der Waals surface area (Å²) in [6, 6.07) is 6.11. The minimum absolute atomic E-state index is 0.105. The Hall–Kier alpha value is -1.81. The largest absolute Gasteiger partial charge is 0.391 e. The van der Waals surface area contributed by atoms with Gasteiger partial charge in [-0.3, -0.25) is 4.79 Å². The first-order chi connectivity index (χ1) is 9.65. The Bertz CT molecular complexity index is 632. The number of carbonyl (C=O) groups is 1. The molecule has 0 aliphatic carbocycles. The average Bonchev–Trinajstić information content (AvgIpc) is 2.83. The molecule has 1 fully saturated rings. The van der Waals surface area contributed by atoms with Crippen LogP contribution in [0.25, 0.3) is 10.9 Å². The second-order valence-electron chi connectivity index (χ2n) is 5.62. The molecule has 2 N–H and O–H groups in total. The van der Waals surface area contributed by atoms with Gasteiger partial charge >= 0.3 is 0 Å². The number of nitrogens with zero attached hydrogens (tertiary/aromatic N) is 1. The summed E-state index contributed by atoms with van der Waals surface area (Å²) in [7, 11) is 0. The third kappa shape index (κ3) is 2.43. The number of likely N-dealkylation sites (tertiary alicyclic amines) is 1.